The highest BCUT2D eigenvalue weighted by atomic mass is 32.2. The minimum Gasteiger partial charge on any atom is -0.368 e. The van der Waals surface area contributed by atoms with Crippen LogP contribution in [0.25, 0.3) is 0 Å². The molecule has 4 rings (SSSR count). The number of carbonyl (C=O) groups excluding carboxylic acids is 1. The summed E-state index contributed by atoms with van der Waals surface area (Å²) in [6.07, 6.45) is 3.56. The lowest BCUT2D eigenvalue weighted by molar-refractivity contribution is -0.139. The highest BCUT2D eigenvalue weighted by Crippen LogP contribution is 2.27. The summed E-state index contributed by atoms with van der Waals surface area (Å²) in [6.45, 7) is 2.15. The van der Waals surface area contributed by atoms with Crippen molar-refractivity contribution in [1.29, 1.82) is 0 Å². The molecular weight excluding hydrogens is 372 g/mol. The lowest BCUT2D eigenvalue weighted by Crippen LogP contribution is -2.39. The summed E-state index contributed by atoms with van der Waals surface area (Å²) in [6, 6.07) is 0. The third kappa shape index (κ3) is 3.65. The number of aromatic nitrogens is 2. The van der Waals surface area contributed by atoms with Gasteiger partial charge in [-0.2, -0.15) is 4.31 Å². The maximum absolute atomic E-state index is 12.5. The van der Waals surface area contributed by atoms with Crippen LogP contribution in [0.15, 0.2) is 4.79 Å². The molecule has 2 fully saturated rings. The van der Waals surface area contributed by atoms with Crippen LogP contribution in [0.1, 0.15) is 42.3 Å². The molecule has 3 aliphatic rings. The Morgan fingerprint density at radius 2 is 2.11 bits per heavy atom. The molecule has 0 unspecified atom stereocenters. The van der Waals surface area contributed by atoms with Gasteiger partial charge in [0.15, 0.2) is 0 Å². The zero-order valence-corrected chi connectivity index (χ0v) is 16.1. The first-order valence-electron chi connectivity index (χ1n) is 9.30. The van der Waals surface area contributed by atoms with E-state index in [0.717, 1.165) is 25.5 Å². The number of amides is 1. The minimum atomic E-state index is -3.33. The summed E-state index contributed by atoms with van der Waals surface area (Å²) >= 11 is 0. The van der Waals surface area contributed by atoms with Crippen molar-refractivity contribution < 1.29 is 17.9 Å². The van der Waals surface area contributed by atoms with Gasteiger partial charge in [0.05, 0.1) is 18.5 Å². The van der Waals surface area contributed by atoms with Crippen LogP contribution in [-0.2, 0) is 32.5 Å². The Hall–Kier alpha value is -1.78. The van der Waals surface area contributed by atoms with E-state index in [9.17, 15) is 18.0 Å². The predicted molar refractivity (Wildman–Crippen MR) is 96.7 cm³/mol. The Morgan fingerprint density at radius 1 is 1.30 bits per heavy atom. The van der Waals surface area contributed by atoms with E-state index in [4.69, 9.17) is 4.74 Å². The van der Waals surface area contributed by atoms with Crippen molar-refractivity contribution in [3.05, 3.63) is 27.4 Å². The fourth-order valence-corrected chi connectivity index (χ4v) is 4.85. The number of carbonyl (C=O) groups is 1. The van der Waals surface area contributed by atoms with Crippen molar-refractivity contribution in [3.8, 4) is 0 Å². The van der Waals surface area contributed by atoms with Gasteiger partial charge in [-0.15, -0.1) is 0 Å². The van der Waals surface area contributed by atoms with Crippen molar-refractivity contribution in [2.75, 3.05) is 32.5 Å². The number of fused-ring (bicyclic) bond motifs is 1. The lowest BCUT2D eigenvalue weighted by Gasteiger charge is -2.26. The molecule has 1 amide bonds. The van der Waals surface area contributed by atoms with Gasteiger partial charge in [0.1, 0.15) is 11.9 Å². The van der Waals surface area contributed by atoms with E-state index in [0.29, 0.717) is 49.7 Å². The fourth-order valence-electron chi connectivity index (χ4n) is 4.07. The van der Waals surface area contributed by atoms with Gasteiger partial charge in [0, 0.05) is 37.7 Å². The lowest BCUT2D eigenvalue weighted by atomic mass is 10.1. The molecule has 9 nitrogen and oxygen atoms in total. The maximum Gasteiger partial charge on any atom is 0.254 e. The van der Waals surface area contributed by atoms with Crippen LogP contribution in [0.3, 0.4) is 0 Å². The van der Waals surface area contributed by atoms with Gasteiger partial charge in [-0.3, -0.25) is 9.59 Å². The van der Waals surface area contributed by atoms with E-state index in [1.807, 2.05) is 0 Å². The van der Waals surface area contributed by atoms with E-state index < -0.39 is 10.0 Å². The number of aromatic amines is 1. The molecule has 2 atom stereocenters. The van der Waals surface area contributed by atoms with Crippen LogP contribution in [-0.4, -0.2) is 72.1 Å². The first kappa shape index (κ1) is 18.6. The highest BCUT2D eigenvalue weighted by molar-refractivity contribution is 7.88. The van der Waals surface area contributed by atoms with Gasteiger partial charge >= 0.3 is 0 Å². The topological polar surface area (TPSA) is 113 Å². The third-order valence-corrected chi connectivity index (χ3v) is 6.87. The molecule has 3 aliphatic heterocycles. The summed E-state index contributed by atoms with van der Waals surface area (Å²) in [5, 5.41) is 0. The average molecular weight is 396 g/mol. The molecule has 1 aromatic heterocycles. The standard InChI is InChI=1S/C17H24N4O5S/c1-27(24,25)21-7-5-12-13(10-21)18-15(19-16(12)22)11-4-6-20(9-11)17(23)14-3-2-8-26-14/h11,14H,2-10H2,1H3,(H,18,19,22)/t11-,14-/m0/s1. The monoisotopic (exact) mass is 396 g/mol. The second kappa shape index (κ2) is 6.99. The highest BCUT2D eigenvalue weighted by Gasteiger charge is 2.35. The molecule has 0 aliphatic carbocycles. The van der Waals surface area contributed by atoms with Gasteiger partial charge in [-0.25, -0.2) is 13.4 Å². The molecule has 1 N–H and O–H groups in total. The van der Waals surface area contributed by atoms with Crippen LogP contribution in [0, 0.1) is 0 Å². The summed E-state index contributed by atoms with van der Waals surface area (Å²) in [7, 11) is -3.33. The molecule has 0 radical (unpaired) electrons. The summed E-state index contributed by atoms with van der Waals surface area (Å²) < 4.78 is 30.5. The number of nitrogens with one attached hydrogen (secondary N) is 1. The second-order valence-electron chi connectivity index (χ2n) is 7.49. The number of likely N-dealkylation sites (tertiary alicyclic amines) is 1. The van der Waals surface area contributed by atoms with E-state index in [-0.39, 0.29) is 30.0 Å². The first-order chi connectivity index (χ1) is 12.8. The van der Waals surface area contributed by atoms with Gasteiger partial charge in [-0.1, -0.05) is 0 Å². The van der Waals surface area contributed by atoms with Gasteiger partial charge < -0.3 is 14.6 Å². The average Bonchev–Trinajstić information content (AvgIpc) is 3.32. The number of H-pyrrole nitrogens is 1. The largest absolute Gasteiger partial charge is 0.368 e. The normalized spacial score (nSPS) is 26.3. The molecule has 0 aromatic carbocycles. The Labute approximate surface area is 157 Å². The molecule has 2 saturated heterocycles. The van der Waals surface area contributed by atoms with Crippen LogP contribution < -0.4 is 5.56 Å². The Bertz CT molecular complexity index is 906. The molecule has 4 heterocycles. The van der Waals surface area contributed by atoms with Crippen LogP contribution in [0.5, 0.6) is 0 Å². The predicted octanol–water partition coefficient (Wildman–Crippen LogP) is -0.417. The van der Waals surface area contributed by atoms with Crippen LogP contribution in [0.2, 0.25) is 0 Å². The van der Waals surface area contributed by atoms with Gasteiger partial charge in [0.2, 0.25) is 10.0 Å². The molecule has 0 spiro atoms. The van der Waals surface area contributed by atoms with Crippen molar-refractivity contribution in [2.24, 2.45) is 0 Å². The SMILES string of the molecule is CS(=O)(=O)N1CCc2c(nc([C@H]3CCN(C(=O)[C@@H]4CCCO4)C3)[nH]c2=O)C1. The number of hydrogen-bond acceptors (Lipinski definition) is 6. The third-order valence-electron chi connectivity index (χ3n) is 5.62. The minimum absolute atomic E-state index is 0.0126. The fraction of sp³-hybridized carbons (Fsp3) is 0.706. The van der Waals surface area contributed by atoms with E-state index in [1.54, 1.807) is 4.90 Å². The van der Waals surface area contributed by atoms with Gasteiger partial charge in [-0.05, 0) is 25.7 Å². The summed E-state index contributed by atoms with van der Waals surface area (Å²) in [5.74, 6) is 0.497. The number of sulfonamides is 1. The van der Waals surface area contributed by atoms with Crippen molar-refractivity contribution in [2.45, 2.75) is 44.2 Å². The zero-order chi connectivity index (χ0) is 19.2. The molecule has 1 aromatic rings. The Kier molecular flexibility index (Phi) is 4.81. The van der Waals surface area contributed by atoms with E-state index in [1.165, 1.54) is 4.31 Å². The quantitative estimate of drug-likeness (QED) is 0.743. The van der Waals surface area contributed by atoms with Crippen LogP contribution >= 0.6 is 0 Å². The Morgan fingerprint density at radius 3 is 2.81 bits per heavy atom. The molecule has 0 saturated carbocycles. The summed E-state index contributed by atoms with van der Waals surface area (Å²) in [4.78, 5) is 34.2. The van der Waals surface area contributed by atoms with Crippen molar-refractivity contribution in [3.63, 3.8) is 0 Å². The van der Waals surface area contributed by atoms with Crippen molar-refractivity contribution >= 4 is 15.9 Å². The van der Waals surface area contributed by atoms with E-state index in [2.05, 4.69) is 9.97 Å². The number of rotatable bonds is 3. The molecule has 0 bridgehead atoms. The Balaban J connectivity index is 1.53. The van der Waals surface area contributed by atoms with Gasteiger partial charge in [0.25, 0.3) is 11.5 Å². The van der Waals surface area contributed by atoms with E-state index >= 15 is 0 Å². The van der Waals surface area contributed by atoms with Crippen LogP contribution in [0.4, 0.5) is 0 Å². The summed E-state index contributed by atoms with van der Waals surface area (Å²) in [5.41, 5.74) is 0.880. The maximum atomic E-state index is 12.5. The molecule has 27 heavy (non-hydrogen) atoms. The number of hydrogen-bond donors (Lipinski definition) is 1. The number of nitrogens with zero attached hydrogens (tertiary/aromatic N) is 3. The first-order valence-corrected chi connectivity index (χ1v) is 11.2. The molecule has 10 heteroatoms. The smallest absolute Gasteiger partial charge is 0.254 e. The molecular formula is C17H24N4O5S. The number of ether oxygens (including phenoxy) is 1. The second-order valence-corrected chi connectivity index (χ2v) is 9.48. The van der Waals surface area contributed by atoms with Crippen molar-refractivity contribution in [1.82, 2.24) is 19.2 Å². The molecule has 148 valence electrons. The zero-order valence-electron chi connectivity index (χ0n) is 15.3.